The van der Waals surface area contributed by atoms with E-state index in [4.69, 9.17) is 9.84 Å². The predicted octanol–water partition coefficient (Wildman–Crippen LogP) is 3.05. The highest BCUT2D eigenvalue weighted by Gasteiger charge is 2.30. The number of amides is 1. The summed E-state index contributed by atoms with van der Waals surface area (Å²) < 4.78 is 5.22. The van der Waals surface area contributed by atoms with Gasteiger partial charge in [0, 0.05) is 17.8 Å². The van der Waals surface area contributed by atoms with Crippen LogP contribution in [-0.2, 0) is 18.0 Å². The molecule has 0 spiro atoms. The molecule has 0 aromatic heterocycles. The number of benzene rings is 2. The van der Waals surface area contributed by atoms with Crippen molar-refractivity contribution >= 4 is 11.8 Å². The number of hydrogen-bond acceptors (Lipinski definition) is 4. The third-order valence-electron chi connectivity index (χ3n) is 4.18. The van der Waals surface area contributed by atoms with Gasteiger partial charge < -0.3 is 20.5 Å². The van der Waals surface area contributed by atoms with Crippen molar-refractivity contribution in [2.45, 2.75) is 38.1 Å². The van der Waals surface area contributed by atoms with Crippen LogP contribution < -0.4 is 10.6 Å². The Hall–Kier alpha value is -2.53. The number of ether oxygens (including phenoxy) is 1. The Morgan fingerprint density at radius 2 is 1.71 bits per heavy atom. The number of alkyl carbamates (subject to hydrolysis) is 1. The highest BCUT2D eigenvalue weighted by molar-refractivity contribution is 5.67. The third-order valence-corrected chi connectivity index (χ3v) is 4.18. The topological polar surface area (TPSA) is 70.6 Å². The number of nitrogens with one attached hydrogen (secondary N) is 2. The van der Waals surface area contributed by atoms with Gasteiger partial charge in [-0.2, -0.15) is 0 Å². The molecule has 0 bridgehead atoms. The van der Waals surface area contributed by atoms with Crippen LogP contribution in [0.25, 0.3) is 0 Å². The number of hydrogen-bond donors (Lipinski definition) is 3. The minimum atomic E-state index is -0.366. The molecule has 1 fully saturated rings. The van der Waals surface area contributed by atoms with E-state index >= 15 is 0 Å². The largest absolute Gasteiger partial charge is 0.445 e. The summed E-state index contributed by atoms with van der Waals surface area (Å²) in [7, 11) is 0. The molecule has 0 heterocycles. The van der Waals surface area contributed by atoms with E-state index in [-0.39, 0.29) is 25.3 Å². The molecular weight excluding hydrogens is 304 g/mol. The van der Waals surface area contributed by atoms with Crippen LogP contribution in [0.4, 0.5) is 10.5 Å². The summed E-state index contributed by atoms with van der Waals surface area (Å²) in [6.07, 6.45) is 1.39. The molecule has 3 N–H and O–H groups in total. The van der Waals surface area contributed by atoms with Crippen molar-refractivity contribution in [3.8, 4) is 0 Å². The second kappa shape index (κ2) is 7.84. The molecule has 5 nitrogen and oxygen atoms in total. The van der Waals surface area contributed by atoms with E-state index in [1.54, 1.807) is 0 Å². The van der Waals surface area contributed by atoms with Gasteiger partial charge in [0.2, 0.25) is 0 Å². The molecule has 1 aliphatic rings. The smallest absolute Gasteiger partial charge is 0.407 e. The Bertz CT molecular complexity index is 652. The van der Waals surface area contributed by atoms with Crippen LogP contribution in [0.15, 0.2) is 54.6 Å². The quantitative estimate of drug-likeness (QED) is 0.763. The van der Waals surface area contributed by atoms with Crippen molar-refractivity contribution in [1.82, 2.24) is 5.32 Å². The molecule has 3 rings (SSSR count). The van der Waals surface area contributed by atoms with Crippen molar-refractivity contribution in [3.63, 3.8) is 0 Å². The second-order valence-corrected chi connectivity index (χ2v) is 6.07. The van der Waals surface area contributed by atoms with E-state index in [0.29, 0.717) is 6.04 Å². The van der Waals surface area contributed by atoms with Gasteiger partial charge in [0.05, 0.1) is 6.61 Å². The van der Waals surface area contributed by atoms with E-state index in [1.807, 2.05) is 54.6 Å². The normalized spacial score (nSPS) is 19.2. The molecule has 126 valence electrons. The van der Waals surface area contributed by atoms with Crippen LogP contribution in [0.3, 0.4) is 0 Å². The van der Waals surface area contributed by atoms with Crippen molar-refractivity contribution in [2.24, 2.45) is 0 Å². The van der Waals surface area contributed by atoms with Crippen LogP contribution in [0.1, 0.15) is 24.0 Å². The van der Waals surface area contributed by atoms with Gasteiger partial charge in [-0.15, -0.1) is 0 Å². The average Bonchev–Trinajstić information content (AvgIpc) is 2.59. The Morgan fingerprint density at radius 3 is 2.38 bits per heavy atom. The van der Waals surface area contributed by atoms with Gasteiger partial charge in [-0.3, -0.25) is 0 Å². The van der Waals surface area contributed by atoms with E-state index in [1.165, 1.54) is 0 Å². The summed E-state index contributed by atoms with van der Waals surface area (Å²) in [4.78, 5) is 11.8. The van der Waals surface area contributed by atoms with Crippen molar-refractivity contribution in [1.29, 1.82) is 0 Å². The number of aliphatic hydroxyl groups excluding tert-OH is 1. The van der Waals surface area contributed by atoms with Crippen LogP contribution in [0.2, 0.25) is 0 Å². The summed E-state index contributed by atoms with van der Waals surface area (Å²) in [5.74, 6) is 0. The van der Waals surface area contributed by atoms with Crippen molar-refractivity contribution in [3.05, 3.63) is 65.7 Å². The van der Waals surface area contributed by atoms with Crippen LogP contribution in [0.5, 0.6) is 0 Å². The zero-order chi connectivity index (χ0) is 16.8. The number of aliphatic hydroxyl groups is 1. The summed E-state index contributed by atoms with van der Waals surface area (Å²) >= 11 is 0. The number of rotatable bonds is 6. The minimum absolute atomic E-state index is 0.0563. The highest BCUT2D eigenvalue weighted by atomic mass is 16.5. The van der Waals surface area contributed by atoms with Crippen molar-refractivity contribution in [2.75, 3.05) is 5.32 Å². The second-order valence-electron chi connectivity index (χ2n) is 6.07. The average molecular weight is 326 g/mol. The van der Waals surface area contributed by atoms with E-state index in [9.17, 15) is 4.79 Å². The maximum atomic E-state index is 11.8. The molecular formula is C19H22N2O3. The summed E-state index contributed by atoms with van der Waals surface area (Å²) in [5.41, 5.74) is 2.91. The lowest BCUT2D eigenvalue weighted by Gasteiger charge is -2.36. The van der Waals surface area contributed by atoms with Gasteiger partial charge in [-0.05, 0) is 36.1 Å². The SMILES string of the molecule is O=C(NC1CC(Nc2ccc(CO)cc2)C1)OCc1ccccc1. The minimum Gasteiger partial charge on any atom is -0.445 e. The maximum absolute atomic E-state index is 11.8. The monoisotopic (exact) mass is 326 g/mol. The Kier molecular flexibility index (Phi) is 5.33. The maximum Gasteiger partial charge on any atom is 0.407 e. The number of carbonyl (C=O) groups excluding carboxylic acids is 1. The van der Waals surface area contributed by atoms with Gasteiger partial charge in [-0.25, -0.2) is 4.79 Å². The standard InChI is InChI=1S/C19H22N2O3/c22-12-14-6-8-16(9-7-14)20-17-10-18(11-17)21-19(23)24-13-15-4-2-1-3-5-15/h1-9,17-18,20,22H,10-13H2,(H,21,23). The van der Waals surface area contributed by atoms with Gasteiger partial charge in [0.25, 0.3) is 0 Å². The van der Waals surface area contributed by atoms with E-state index in [2.05, 4.69) is 10.6 Å². The van der Waals surface area contributed by atoms with Gasteiger partial charge in [0.15, 0.2) is 0 Å². The Morgan fingerprint density at radius 1 is 1.00 bits per heavy atom. The molecule has 0 unspecified atom stereocenters. The molecule has 5 heteroatoms. The zero-order valence-corrected chi connectivity index (χ0v) is 13.4. The van der Waals surface area contributed by atoms with E-state index in [0.717, 1.165) is 29.7 Å². The molecule has 24 heavy (non-hydrogen) atoms. The fourth-order valence-corrected chi connectivity index (χ4v) is 2.73. The van der Waals surface area contributed by atoms with Crippen LogP contribution >= 0.6 is 0 Å². The van der Waals surface area contributed by atoms with Crippen molar-refractivity contribution < 1.29 is 14.6 Å². The molecule has 2 aromatic carbocycles. The third kappa shape index (κ3) is 4.49. The molecule has 0 atom stereocenters. The number of carbonyl (C=O) groups is 1. The molecule has 2 aromatic rings. The molecule has 1 saturated carbocycles. The summed E-state index contributed by atoms with van der Waals surface area (Å²) in [6, 6.07) is 17.9. The summed E-state index contributed by atoms with van der Waals surface area (Å²) in [6.45, 7) is 0.346. The Balaban J connectivity index is 1.35. The van der Waals surface area contributed by atoms with E-state index < -0.39 is 0 Å². The lowest BCUT2D eigenvalue weighted by Crippen LogP contribution is -2.49. The number of anilines is 1. The first-order chi connectivity index (χ1) is 11.7. The first-order valence-corrected chi connectivity index (χ1v) is 8.16. The first kappa shape index (κ1) is 16.3. The molecule has 0 aliphatic heterocycles. The lowest BCUT2D eigenvalue weighted by atomic mass is 9.86. The zero-order valence-electron chi connectivity index (χ0n) is 13.4. The van der Waals surface area contributed by atoms with Gasteiger partial charge >= 0.3 is 6.09 Å². The van der Waals surface area contributed by atoms with Crippen LogP contribution in [-0.4, -0.2) is 23.3 Å². The first-order valence-electron chi connectivity index (χ1n) is 8.16. The van der Waals surface area contributed by atoms with Gasteiger partial charge in [0.1, 0.15) is 6.61 Å². The summed E-state index contributed by atoms with van der Waals surface area (Å²) in [5, 5.41) is 15.3. The molecule has 0 saturated heterocycles. The van der Waals surface area contributed by atoms with Crippen LogP contribution in [0, 0.1) is 0 Å². The fourth-order valence-electron chi connectivity index (χ4n) is 2.73. The van der Waals surface area contributed by atoms with Gasteiger partial charge in [-0.1, -0.05) is 42.5 Å². The Labute approximate surface area is 141 Å². The highest BCUT2D eigenvalue weighted by Crippen LogP contribution is 2.24. The molecule has 0 radical (unpaired) electrons. The fraction of sp³-hybridized carbons (Fsp3) is 0.316. The lowest BCUT2D eigenvalue weighted by molar-refractivity contribution is 0.129. The predicted molar refractivity (Wildman–Crippen MR) is 92.6 cm³/mol. The molecule has 1 aliphatic carbocycles. The molecule has 1 amide bonds.